The number of amides is 1. The zero-order chi connectivity index (χ0) is 19.8. The van der Waals surface area contributed by atoms with Crippen molar-refractivity contribution in [3.05, 3.63) is 70.3 Å². The molecular formula is C21H21N5O2. The number of hydrogen-bond donors (Lipinski definition) is 1. The van der Waals surface area contributed by atoms with Crippen LogP contribution in [0.5, 0.6) is 0 Å². The minimum Gasteiger partial charge on any atom is -0.324 e. The Morgan fingerprint density at radius 1 is 1.04 bits per heavy atom. The Morgan fingerprint density at radius 3 is 2.43 bits per heavy atom. The van der Waals surface area contributed by atoms with E-state index < -0.39 is 0 Å². The van der Waals surface area contributed by atoms with Gasteiger partial charge in [-0.15, -0.1) is 10.2 Å². The van der Waals surface area contributed by atoms with Gasteiger partial charge in [-0.2, -0.15) is 0 Å². The molecule has 7 heteroatoms. The molecule has 2 aromatic heterocycles. The van der Waals surface area contributed by atoms with Crippen molar-refractivity contribution in [2.24, 2.45) is 0 Å². The topological polar surface area (TPSA) is 81.3 Å². The molecule has 0 bridgehead atoms. The summed E-state index contributed by atoms with van der Waals surface area (Å²) in [6.07, 6.45) is 0. The SMILES string of the molecule is Cc1ccccc1NC(=O)Cn1c(=O)c2nnc(C(C)C)n2c2ccccc21. The maximum Gasteiger partial charge on any atom is 0.297 e. The van der Waals surface area contributed by atoms with E-state index in [1.54, 1.807) is 4.40 Å². The van der Waals surface area contributed by atoms with Gasteiger partial charge in [0, 0.05) is 11.6 Å². The molecule has 4 rings (SSSR count). The number of anilines is 1. The number of carbonyl (C=O) groups excluding carboxylic acids is 1. The summed E-state index contributed by atoms with van der Waals surface area (Å²) in [5.41, 5.74) is 3.05. The van der Waals surface area contributed by atoms with E-state index in [1.165, 1.54) is 4.57 Å². The van der Waals surface area contributed by atoms with Gasteiger partial charge in [0.15, 0.2) is 0 Å². The van der Waals surface area contributed by atoms with Crippen molar-refractivity contribution in [3.63, 3.8) is 0 Å². The van der Waals surface area contributed by atoms with Crippen LogP contribution in [0.25, 0.3) is 16.7 Å². The molecule has 1 N–H and O–H groups in total. The summed E-state index contributed by atoms with van der Waals surface area (Å²) in [5, 5.41) is 11.2. The molecule has 2 aromatic carbocycles. The smallest absolute Gasteiger partial charge is 0.297 e. The number of rotatable bonds is 4. The Hall–Kier alpha value is -3.48. The lowest BCUT2D eigenvalue weighted by Gasteiger charge is -2.14. The monoisotopic (exact) mass is 375 g/mol. The Kier molecular flexibility index (Phi) is 4.43. The molecule has 0 aliphatic rings. The fourth-order valence-electron chi connectivity index (χ4n) is 3.36. The Bertz CT molecular complexity index is 1250. The molecule has 0 saturated heterocycles. The highest BCUT2D eigenvalue weighted by atomic mass is 16.2. The van der Waals surface area contributed by atoms with Crippen LogP contribution in [0.3, 0.4) is 0 Å². The van der Waals surface area contributed by atoms with Crippen molar-refractivity contribution < 1.29 is 4.79 Å². The van der Waals surface area contributed by atoms with Crippen LogP contribution in [0.4, 0.5) is 5.69 Å². The second kappa shape index (κ2) is 6.92. The number of benzene rings is 2. The van der Waals surface area contributed by atoms with Crippen molar-refractivity contribution in [2.75, 3.05) is 5.32 Å². The summed E-state index contributed by atoms with van der Waals surface area (Å²) in [7, 11) is 0. The Balaban J connectivity index is 1.83. The molecule has 1 amide bonds. The van der Waals surface area contributed by atoms with Crippen molar-refractivity contribution in [1.82, 2.24) is 19.2 Å². The third-order valence-corrected chi connectivity index (χ3v) is 4.78. The molecule has 0 aliphatic heterocycles. The van der Waals surface area contributed by atoms with Crippen LogP contribution in [0.2, 0.25) is 0 Å². The minimum absolute atomic E-state index is 0.103. The maximum absolute atomic E-state index is 13.1. The molecule has 0 radical (unpaired) electrons. The predicted octanol–water partition coefficient (Wildman–Crippen LogP) is 3.11. The van der Waals surface area contributed by atoms with Gasteiger partial charge in [-0.3, -0.25) is 18.6 Å². The van der Waals surface area contributed by atoms with Gasteiger partial charge in [-0.1, -0.05) is 44.2 Å². The largest absolute Gasteiger partial charge is 0.324 e. The van der Waals surface area contributed by atoms with Crippen LogP contribution in [-0.2, 0) is 11.3 Å². The minimum atomic E-state index is -0.335. The lowest BCUT2D eigenvalue weighted by molar-refractivity contribution is -0.116. The molecule has 4 aromatic rings. The summed E-state index contributed by atoms with van der Waals surface area (Å²) in [6.45, 7) is 5.83. The third-order valence-electron chi connectivity index (χ3n) is 4.78. The van der Waals surface area contributed by atoms with Gasteiger partial charge in [0.25, 0.3) is 5.56 Å². The average molecular weight is 375 g/mol. The molecule has 2 heterocycles. The number of nitrogens with zero attached hydrogens (tertiary/aromatic N) is 4. The highest BCUT2D eigenvalue weighted by Crippen LogP contribution is 2.20. The number of para-hydroxylation sites is 3. The van der Waals surface area contributed by atoms with Gasteiger partial charge in [-0.05, 0) is 30.7 Å². The first-order chi connectivity index (χ1) is 13.5. The van der Waals surface area contributed by atoms with Crippen LogP contribution in [0, 0.1) is 6.92 Å². The number of aryl methyl sites for hydroxylation is 1. The van der Waals surface area contributed by atoms with Crippen molar-refractivity contribution in [2.45, 2.75) is 33.2 Å². The quantitative estimate of drug-likeness (QED) is 0.594. The van der Waals surface area contributed by atoms with Crippen molar-refractivity contribution in [3.8, 4) is 0 Å². The van der Waals surface area contributed by atoms with Crippen molar-refractivity contribution >= 4 is 28.3 Å². The van der Waals surface area contributed by atoms with Gasteiger partial charge in [0.05, 0.1) is 11.0 Å². The third kappa shape index (κ3) is 2.94. The number of aromatic nitrogens is 4. The molecule has 7 nitrogen and oxygen atoms in total. The van der Waals surface area contributed by atoms with E-state index in [-0.39, 0.29) is 29.6 Å². The van der Waals surface area contributed by atoms with Crippen LogP contribution in [0.1, 0.15) is 31.2 Å². The molecule has 28 heavy (non-hydrogen) atoms. The lowest BCUT2D eigenvalue weighted by Crippen LogP contribution is -2.29. The van der Waals surface area contributed by atoms with E-state index in [0.29, 0.717) is 5.52 Å². The lowest BCUT2D eigenvalue weighted by atomic mass is 10.2. The Labute approximate surface area is 161 Å². The van der Waals surface area contributed by atoms with Crippen molar-refractivity contribution in [1.29, 1.82) is 0 Å². The van der Waals surface area contributed by atoms with Crippen LogP contribution in [0.15, 0.2) is 53.3 Å². The number of hydrogen-bond acceptors (Lipinski definition) is 4. The van der Waals surface area contributed by atoms with E-state index in [1.807, 2.05) is 69.3 Å². The summed E-state index contributed by atoms with van der Waals surface area (Å²) < 4.78 is 3.25. The normalized spacial score (nSPS) is 11.4. The van der Waals surface area contributed by atoms with E-state index in [4.69, 9.17) is 0 Å². The van der Waals surface area contributed by atoms with Gasteiger partial charge in [0.2, 0.25) is 11.6 Å². The number of carbonyl (C=O) groups is 1. The van der Waals surface area contributed by atoms with Crippen LogP contribution in [-0.4, -0.2) is 25.1 Å². The second-order valence-electron chi connectivity index (χ2n) is 7.12. The fraction of sp³-hybridized carbons (Fsp3) is 0.238. The summed E-state index contributed by atoms with van der Waals surface area (Å²) in [5.74, 6) is 0.562. The fourth-order valence-corrected chi connectivity index (χ4v) is 3.36. The summed E-state index contributed by atoms with van der Waals surface area (Å²) >= 11 is 0. The molecule has 0 unspecified atom stereocenters. The number of nitrogens with one attached hydrogen (secondary N) is 1. The first-order valence-electron chi connectivity index (χ1n) is 9.19. The molecule has 0 atom stereocenters. The molecule has 0 aliphatic carbocycles. The molecule has 0 fully saturated rings. The second-order valence-corrected chi connectivity index (χ2v) is 7.12. The zero-order valence-electron chi connectivity index (χ0n) is 16.0. The van der Waals surface area contributed by atoms with E-state index in [9.17, 15) is 9.59 Å². The predicted molar refractivity (Wildman–Crippen MR) is 109 cm³/mol. The van der Waals surface area contributed by atoms with E-state index in [2.05, 4.69) is 15.5 Å². The highest BCUT2D eigenvalue weighted by molar-refractivity contribution is 5.92. The maximum atomic E-state index is 13.1. The first kappa shape index (κ1) is 17.9. The average Bonchev–Trinajstić information content (AvgIpc) is 3.13. The Morgan fingerprint density at radius 2 is 1.71 bits per heavy atom. The van der Waals surface area contributed by atoms with Gasteiger partial charge in [0.1, 0.15) is 12.4 Å². The zero-order valence-corrected chi connectivity index (χ0v) is 16.0. The van der Waals surface area contributed by atoms with E-state index >= 15 is 0 Å². The summed E-state index contributed by atoms with van der Waals surface area (Å²) in [6, 6.07) is 15.0. The van der Waals surface area contributed by atoms with Crippen LogP contribution < -0.4 is 10.9 Å². The molecular weight excluding hydrogens is 354 g/mol. The highest BCUT2D eigenvalue weighted by Gasteiger charge is 2.19. The van der Waals surface area contributed by atoms with Gasteiger partial charge in [-0.25, -0.2) is 0 Å². The van der Waals surface area contributed by atoms with Gasteiger partial charge < -0.3 is 5.32 Å². The summed E-state index contributed by atoms with van der Waals surface area (Å²) in [4.78, 5) is 25.8. The molecule has 142 valence electrons. The van der Waals surface area contributed by atoms with Crippen LogP contribution >= 0.6 is 0 Å². The first-order valence-corrected chi connectivity index (χ1v) is 9.19. The molecule has 0 spiro atoms. The van der Waals surface area contributed by atoms with Gasteiger partial charge >= 0.3 is 0 Å². The standard InChI is InChI=1S/C21H21N5O2/c1-13(2)19-23-24-20-21(28)25(16-10-6-7-11-17(16)26(19)20)12-18(27)22-15-9-5-4-8-14(15)3/h4-11,13H,12H2,1-3H3,(H,22,27). The van der Waals surface area contributed by atoms with E-state index in [0.717, 1.165) is 22.6 Å². The molecule has 0 saturated carbocycles. The number of fused-ring (bicyclic) bond motifs is 3.